The van der Waals surface area contributed by atoms with Crippen LogP contribution in [-0.2, 0) is 17.8 Å². The molecule has 1 fully saturated rings. The van der Waals surface area contributed by atoms with E-state index in [0.29, 0.717) is 36.8 Å². The first-order valence-corrected chi connectivity index (χ1v) is 14.4. The van der Waals surface area contributed by atoms with Crippen molar-refractivity contribution in [2.24, 2.45) is 5.92 Å². The normalized spacial score (nSPS) is 13.9. The van der Waals surface area contributed by atoms with Crippen LogP contribution in [0.25, 0.3) is 11.3 Å². The lowest BCUT2D eigenvalue weighted by Gasteiger charge is -2.29. The molecule has 2 aromatic carbocycles. The number of benzene rings is 2. The number of ether oxygens (including phenoxy) is 2. The van der Waals surface area contributed by atoms with Gasteiger partial charge in [0.2, 0.25) is 5.91 Å². The maximum atomic E-state index is 13.6. The molecule has 8 nitrogen and oxygen atoms in total. The van der Waals surface area contributed by atoms with Gasteiger partial charge in [-0.2, -0.15) is 5.10 Å². The molecule has 0 saturated heterocycles. The molecule has 214 valence electrons. The Labute approximate surface area is 237 Å². The zero-order valence-corrected chi connectivity index (χ0v) is 24.1. The van der Waals surface area contributed by atoms with Crippen molar-refractivity contribution in [2.45, 2.75) is 77.4 Å². The third kappa shape index (κ3) is 7.03. The summed E-state index contributed by atoms with van der Waals surface area (Å²) in [5.74, 6) is 1.15. The van der Waals surface area contributed by atoms with Crippen molar-refractivity contribution >= 4 is 11.8 Å². The molecule has 2 amide bonds. The summed E-state index contributed by atoms with van der Waals surface area (Å²) >= 11 is 0. The summed E-state index contributed by atoms with van der Waals surface area (Å²) < 4.78 is 13.2. The van der Waals surface area contributed by atoms with Gasteiger partial charge in [-0.1, -0.05) is 63.1 Å². The summed E-state index contributed by atoms with van der Waals surface area (Å²) in [6.07, 6.45) is 6.24. The Morgan fingerprint density at radius 3 is 2.25 bits per heavy atom. The van der Waals surface area contributed by atoms with Crippen LogP contribution < -0.4 is 20.1 Å². The predicted octanol–water partition coefficient (Wildman–Crippen LogP) is 5.40. The highest BCUT2D eigenvalue weighted by atomic mass is 16.5. The molecule has 1 heterocycles. The van der Waals surface area contributed by atoms with Crippen LogP contribution >= 0.6 is 0 Å². The number of nitrogens with one attached hydrogen (secondary N) is 2. The van der Waals surface area contributed by atoms with E-state index in [1.54, 1.807) is 20.3 Å². The first-order valence-electron chi connectivity index (χ1n) is 14.4. The Kier molecular flexibility index (Phi) is 10.2. The van der Waals surface area contributed by atoms with Gasteiger partial charge >= 0.3 is 0 Å². The summed E-state index contributed by atoms with van der Waals surface area (Å²) in [6, 6.07) is 16.9. The van der Waals surface area contributed by atoms with Gasteiger partial charge in [0.1, 0.15) is 17.5 Å². The van der Waals surface area contributed by atoms with Crippen LogP contribution in [-0.4, -0.2) is 47.9 Å². The van der Waals surface area contributed by atoms with Crippen LogP contribution in [0.15, 0.2) is 54.6 Å². The maximum absolute atomic E-state index is 13.6. The Bertz CT molecular complexity index is 1240. The first-order chi connectivity index (χ1) is 19.5. The average molecular weight is 547 g/mol. The lowest BCUT2D eigenvalue weighted by molar-refractivity contribution is -0.124. The highest BCUT2D eigenvalue weighted by Gasteiger charge is 2.28. The van der Waals surface area contributed by atoms with Gasteiger partial charge in [0, 0.05) is 12.6 Å². The molecule has 0 radical (unpaired) electrons. The second-order valence-electron chi connectivity index (χ2n) is 10.5. The van der Waals surface area contributed by atoms with Crippen molar-refractivity contribution in [1.82, 2.24) is 20.4 Å². The van der Waals surface area contributed by atoms with Crippen molar-refractivity contribution in [1.29, 1.82) is 0 Å². The highest BCUT2D eigenvalue weighted by Crippen LogP contribution is 2.39. The van der Waals surface area contributed by atoms with E-state index in [9.17, 15) is 9.59 Å². The zero-order chi connectivity index (χ0) is 28.5. The molecule has 0 spiro atoms. The van der Waals surface area contributed by atoms with E-state index in [1.165, 1.54) is 0 Å². The van der Waals surface area contributed by atoms with E-state index in [4.69, 9.17) is 14.6 Å². The fourth-order valence-corrected chi connectivity index (χ4v) is 5.07. The molecule has 8 heteroatoms. The standard InChI is InChI=1S/C32H42N4O4/c1-5-22(6-2)21-36-27(30-28(39-3)16-11-17-29(30)40-4)20-26(35-36)32(38)34-25(31(37)33-24-14-10-15-24)19-18-23-12-8-7-9-13-23/h7-9,11-13,16-17,20,22,24-25H,5-6,10,14-15,18-19,21H2,1-4H3,(H,33,37)(H,34,38)/t25-/m0/s1. The number of rotatable bonds is 14. The van der Waals surface area contributed by atoms with E-state index in [1.807, 2.05) is 53.2 Å². The van der Waals surface area contributed by atoms with E-state index >= 15 is 0 Å². The molecule has 0 bridgehead atoms. The topological polar surface area (TPSA) is 94.5 Å². The minimum atomic E-state index is -0.665. The molecule has 0 unspecified atom stereocenters. The number of aryl methyl sites for hydroxylation is 1. The quantitative estimate of drug-likeness (QED) is 0.282. The number of methoxy groups -OCH3 is 2. The second-order valence-corrected chi connectivity index (χ2v) is 10.5. The van der Waals surface area contributed by atoms with Gasteiger partial charge in [-0.05, 0) is 61.8 Å². The van der Waals surface area contributed by atoms with Gasteiger partial charge < -0.3 is 20.1 Å². The van der Waals surface area contributed by atoms with Crippen LogP contribution in [0.4, 0.5) is 0 Å². The number of amides is 2. The van der Waals surface area contributed by atoms with Crippen molar-refractivity contribution in [3.05, 3.63) is 65.9 Å². The lowest BCUT2D eigenvalue weighted by atomic mass is 9.92. The van der Waals surface area contributed by atoms with Gasteiger partial charge in [-0.25, -0.2) is 0 Å². The molecule has 2 N–H and O–H groups in total. The van der Waals surface area contributed by atoms with Crippen LogP contribution in [0.5, 0.6) is 11.5 Å². The smallest absolute Gasteiger partial charge is 0.272 e. The molecule has 1 aromatic heterocycles. The largest absolute Gasteiger partial charge is 0.496 e. The van der Waals surface area contributed by atoms with E-state index in [-0.39, 0.29) is 23.6 Å². The third-order valence-electron chi connectivity index (χ3n) is 7.92. The van der Waals surface area contributed by atoms with Gasteiger partial charge in [0.05, 0.1) is 25.5 Å². The fourth-order valence-electron chi connectivity index (χ4n) is 5.07. The predicted molar refractivity (Wildman–Crippen MR) is 157 cm³/mol. The number of hydrogen-bond donors (Lipinski definition) is 2. The van der Waals surface area contributed by atoms with Gasteiger partial charge in [-0.3, -0.25) is 14.3 Å². The molecule has 1 saturated carbocycles. The molecule has 4 rings (SSSR count). The third-order valence-corrected chi connectivity index (χ3v) is 7.92. The summed E-state index contributed by atoms with van der Waals surface area (Å²) in [5.41, 5.74) is 2.87. The summed E-state index contributed by atoms with van der Waals surface area (Å²) in [5, 5.41) is 10.9. The molecule has 3 aromatic rings. The Balaban J connectivity index is 1.63. The Morgan fingerprint density at radius 2 is 1.68 bits per heavy atom. The van der Waals surface area contributed by atoms with Crippen LogP contribution in [0, 0.1) is 5.92 Å². The number of carbonyl (C=O) groups is 2. The Morgan fingerprint density at radius 1 is 1.00 bits per heavy atom. The van der Waals surface area contributed by atoms with Gasteiger partial charge in [0.25, 0.3) is 5.91 Å². The van der Waals surface area contributed by atoms with E-state index in [2.05, 4.69) is 24.5 Å². The monoisotopic (exact) mass is 546 g/mol. The van der Waals surface area contributed by atoms with E-state index < -0.39 is 6.04 Å². The molecular weight excluding hydrogens is 504 g/mol. The van der Waals surface area contributed by atoms with Crippen molar-refractivity contribution in [3.63, 3.8) is 0 Å². The minimum Gasteiger partial charge on any atom is -0.496 e. The maximum Gasteiger partial charge on any atom is 0.272 e. The van der Waals surface area contributed by atoms with Crippen molar-refractivity contribution in [2.75, 3.05) is 14.2 Å². The van der Waals surface area contributed by atoms with Crippen LogP contribution in [0.3, 0.4) is 0 Å². The minimum absolute atomic E-state index is 0.142. The molecule has 1 aliphatic carbocycles. The van der Waals surface area contributed by atoms with Gasteiger partial charge in [-0.15, -0.1) is 0 Å². The van der Waals surface area contributed by atoms with Crippen LogP contribution in [0.1, 0.15) is 68.4 Å². The van der Waals surface area contributed by atoms with E-state index in [0.717, 1.165) is 48.9 Å². The summed E-state index contributed by atoms with van der Waals surface area (Å²) in [4.78, 5) is 26.9. The highest BCUT2D eigenvalue weighted by molar-refractivity contribution is 5.97. The Hall–Kier alpha value is -3.81. The average Bonchev–Trinajstić information content (AvgIpc) is 3.38. The summed E-state index contributed by atoms with van der Waals surface area (Å²) in [7, 11) is 3.23. The molecule has 1 aliphatic rings. The molecule has 1 atom stereocenters. The second kappa shape index (κ2) is 14.0. The number of carbonyl (C=O) groups excluding carboxylic acids is 2. The molecular formula is C32H42N4O4. The fraction of sp³-hybridized carbons (Fsp3) is 0.469. The number of aromatic nitrogens is 2. The number of nitrogens with zero attached hydrogens (tertiary/aromatic N) is 2. The van der Waals surface area contributed by atoms with Gasteiger partial charge in [0.15, 0.2) is 5.69 Å². The molecule has 40 heavy (non-hydrogen) atoms. The SMILES string of the molecule is CCC(CC)Cn1nc(C(=O)N[C@@H](CCc2ccccc2)C(=O)NC2CCC2)cc1-c1c(OC)cccc1OC. The van der Waals surface area contributed by atoms with Crippen molar-refractivity contribution in [3.8, 4) is 22.8 Å². The molecule has 0 aliphatic heterocycles. The zero-order valence-electron chi connectivity index (χ0n) is 24.1. The van der Waals surface area contributed by atoms with Crippen molar-refractivity contribution < 1.29 is 19.1 Å². The first kappa shape index (κ1) is 29.2. The number of hydrogen-bond acceptors (Lipinski definition) is 5. The summed E-state index contributed by atoms with van der Waals surface area (Å²) in [6.45, 7) is 4.97. The van der Waals surface area contributed by atoms with Crippen LogP contribution in [0.2, 0.25) is 0 Å². The lowest BCUT2D eigenvalue weighted by Crippen LogP contribution is -2.51.